The molecule has 0 fully saturated rings. The third kappa shape index (κ3) is 2.08. The van der Waals surface area contributed by atoms with Gasteiger partial charge in [0.1, 0.15) is 5.75 Å². The van der Waals surface area contributed by atoms with Gasteiger partial charge in [0.15, 0.2) is 0 Å². The van der Waals surface area contributed by atoms with Crippen molar-refractivity contribution in [1.29, 1.82) is 0 Å². The molecular weight excluding hydrogens is 276 g/mol. The van der Waals surface area contributed by atoms with Crippen LogP contribution in [-0.4, -0.2) is 17.6 Å². The van der Waals surface area contributed by atoms with Gasteiger partial charge in [-0.15, -0.1) is 0 Å². The zero-order valence-electron chi connectivity index (χ0n) is 10.6. The molecular formula is C15H13ClN2O2. The molecule has 0 bridgehead atoms. The van der Waals surface area contributed by atoms with E-state index in [-0.39, 0.29) is 17.2 Å². The molecule has 1 aliphatic rings. The first-order valence-corrected chi connectivity index (χ1v) is 6.63. The maximum absolute atomic E-state index is 12.6. The summed E-state index contributed by atoms with van der Waals surface area (Å²) in [5, 5.41) is 10.3. The van der Waals surface area contributed by atoms with E-state index in [2.05, 4.69) is 0 Å². The summed E-state index contributed by atoms with van der Waals surface area (Å²) < 4.78 is 0. The SMILES string of the molecule is Nc1ccc2c(c1)N(C(=O)c1cc(Cl)ccc1O)CC2. The highest BCUT2D eigenvalue weighted by Crippen LogP contribution is 2.33. The van der Waals surface area contributed by atoms with E-state index in [1.54, 1.807) is 17.0 Å². The largest absolute Gasteiger partial charge is 0.507 e. The highest BCUT2D eigenvalue weighted by molar-refractivity contribution is 6.31. The molecule has 0 radical (unpaired) electrons. The molecule has 0 saturated heterocycles. The highest BCUT2D eigenvalue weighted by atomic mass is 35.5. The minimum atomic E-state index is -0.269. The number of anilines is 2. The van der Waals surface area contributed by atoms with Crippen molar-refractivity contribution in [3.05, 3.63) is 52.5 Å². The lowest BCUT2D eigenvalue weighted by Gasteiger charge is -2.18. The number of halogens is 1. The van der Waals surface area contributed by atoms with E-state index in [0.29, 0.717) is 17.3 Å². The number of aromatic hydroxyl groups is 1. The Labute approximate surface area is 121 Å². The number of nitrogens with zero attached hydrogens (tertiary/aromatic N) is 1. The van der Waals surface area contributed by atoms with Gasteiger partial charge in [0.25, 0.3) is 5.91 Å². The van der Waals surface area contributed by atoms with Gasteiger partial charge in [0, 0.05) is 22.9 Å². The molecule has 1 heterocycles. The molecule has 102 valence electrons. The Balaban J connectivity index is 2.01. The molecule has 20 heavy (non-hydrogen) atoms. The average Bonchev–Trinajstić information content (AvgIpc) is 2.83. The zero-order valence-corrected chi connectivity index (χ0v) is 11.4. The van der Waals surface area contributed by atoms with Gasteiger partial charge >= 0.3 is 0 Å². The summed E-state index contributed by atoms with van der Waals surface area (Å²) in [5.74, 6) is -0.342. The number of nitrogens with two attached hydrogens (primary N) is 1. The summed E-state index contributed by atoms with van der Waals surface area (Å²) >= 11 is 5.89. The Hall–Kier alpha value is -2.20. The summed E-state index contributed by atoms with van der Waals surface area (Å²) in [6.07, 6.45) is 0.780. The summed E-state index contributed by atoms with van der Waals surface area (Å²) in [6.45, 7) is 0.573. The minimum absolute atomic E-state index is 0.0725. The predicted molar refractivity (Wildman–Crippen MR) is 79.4 cm³/mol. The van der Waals surface area contributed by atoms with Crippen LogP contribution in [0.1, 0.15) is 15.9 Å². The third-order valence-electron chi connectivity index (χ3n) is 3.44. The summed E-state index contributed by atoms with van der Waals surface area (Å²) in [5.41, 5.74) is 8.47. The van der Waals surface area contributed by atoms with Gasteiger partial charge in [-0.25, -0.2) is 0 Å². The predicted octanol–water partition coefficient (Wildman–Crippen LogP) is 2.83. The number of hydrogen-bond acceptors (Lipinski definition) is 3. The van der Waals surface area contributed by atoms with Gasteiger partial charge < -0.3 is 15.7 Å². The van der Waals surface area contributed by atoms with Crippen LogP contribution in [0.15, 0.2) is 36.4 Å². The molecule has 0 aliphatic carbocycles. The summed E-state index contributed by atoms with van der Waals surface area (Å²) in [6, 6.07) is 9.97. The van der Waals surface area contributed by atoms with Crippen LogP contribution in [0, 0.1) is 0 Å². The lowest BCUT2D eigenvalue weighted by molar-refractivity contribution is 0.0987. The molecule has 2 aromatic carbocycles. The van der Waals surface area contributed by atoms with Crippen LogP contribution in [0.25, 0.3) is 0 Å². The average molecular weight is 289 g/mol. The number of rotatable bonds is 1. The van der Waals surface area contributed by atoms with E-state index < -0.39 is 0 Å². The molecule has 3 rings (SSSR count). The molecule has 0 spiro atoms. The molecule has 0 unspecified atom stereocenters. The molecule has 2 aromatic rings. The quantitative estimate of drug-likeness (QED) is 0.793. The second kappa shape index (κ2) is 4.72. The fraction of sp³-hybridized carbons (Fsp3) is 0.133. The Morgan fingerprint density at radius 2 is 2.05 bits per heavy atom. The van der Waals surface area contributed by atoms with Gasteiger partial charge in [0.2, 0.25) is 0 Å². The van der Waals surface area contributed by atoms with Crippen molar-refractivity contribution < 1.29 is 9.90 Å². The van der Waals surface area contributed by atoms with Gasteiger partial charge in [-0.3, -0.25) is 4.79 Å². The number of nitrogen functional groups attached to an aromatic ring is 1. The van der Waals surface area contributed by atoms with E-state index in [0.717, 1.165) is 17.7 Å². The molecule has 1 amide bonds. The van der Waals surface area contributed by atoms with E-state index >= 15 is 0 Å². The fourth-order valence-electron chi connectivity index (χ4n) is 2.43. The number of hydrogen-bond donors (Lipinski definition) is 2. The molecule has 5 heteroatoms. The highest BCUT2D eigenvalue weighted by Gasteiger charge is 2.27. The van der Waals surface area contributed by atoms with Crippen molar-refractivity contribution in [1.82, 2.24) is 0 Å². The maximum atomic E-state index is 12.6. The number of phenolic OH excluding ortho intramolecular Hbond substituents is 1. The minimum Gasteiger partial charge on any atom is -0.507 e. The monoisotopic (exact) mass is 288 g/mol. The van der Waals surface area contributed by atoms with Crippen molar-refractivity contribution in [2.24, 2.45) is 0 Å². The Morgan fingerprint density at radius 1 is 1.25 bits per heavy atom. The van der Waals surface area contributed by atoms with Gasteiger partial charge in [0.05, 0.1) is 5.56 Å². The van der Waals surface area contributed by atoms with E-state index in [1.807, 2.05) is 12.1 Å². The van der Waals surface area contributed by atoms with Crippen molar-refractivity contribution >= 4 is 28.9 Å². The number of benzene rings is 2. The molecule has 0 saturated carbocycles. The van der Waals surface area contributed by atoms with Gasteiger partial charge in [-0.05, 0) is 42.3 Å². The zero-order chi connectivity index (χ0) is 14.3. The van der Waals surface area contributed by atoms with Crippen LogP contribution in [0.4, 0.5) is 11.4 Å². The van der Waals surface area contributed by atoms with Crippen LogP contribution < -0.4 is 10.6 Å². The molecule has 4 nitrogen and oxygen atoms in total. The first kappa shape index (κ1) is 12.8. The molecule has 0 atom stereocenters. The fourth-order valence-corrected chi connectivity index (χ4v) is 2.60. The second-order valence-electron chi connectivity index (χ2n) is 4.76. The molecule has 0 aromatic heterocycles. The van der Waals surface area contributed by atoms with E-state index in [1.165, 1.54) is 12.1 Å². The third-order valence-corrected chi connectivity index (χ3v) is 3.67. The lowest BCUT2D eigenvalue weighted by Crippen LogP contribution is -2.29. The number of phenols is 1. The first-order chi connectivity index (χ1) is 9.56. The van der Waals surface area contributed by atoms with Crippen molar-refractivity contribution in [3.63, 3.8) is 0 Å². The van der Waals surface area contributed by atoms with Crippen LogP contribution >= 0.6 is 11.6 Å². The van der Waals surface area contributed by atoms with Crippen LogP contribution in [0.3, 0.4) is 0 Å². The maximum Gasteiger partial charge on any atom is 0.262 e. The topological polar surface area (TPSA) is 66.6 Å². The number of carbonyl (C=O) groups is 1. The summed E-state index contributed by atoms with van der Waals surface area (Å²) in [7, 11) is 0. The normalized spacial score (nSPS) is 13.3. The van der Waals surface area contributed by atoms with Gasteiger partial charge in [-0.2, -0.15) is 0 Å². The van der Waals surface area contributed by atoms with Crippen molar-refractivity contribution in [2.45, 2.75) is 6.42 Å². The summed E-state index contributed by atoms with van der Waals surface area (Å²) in [4.78, 5) is 14.2. The molecule has 3 N–H and O–H groups in total. The smallest absolute Gasteiger partial charge is 0.262 e. The Morgan fingerprint density at radius 3 is 2.85 bits per heavy atom. The van der Waals surface area contributed by atoms with Crippen LogP contribution in [0.2, 0.25) is 5.02 Å². The number of carbonyl (C=O) groups excluding carboxylic acids is 1. The number of fused-ring (bicyclic) bond motifs is 1. The Kier molecular flexibility index (Phi) is 3.03. The standard InChI is InChI=1S/C15H13ClN2O2/c16-10-2-4-14(19)12(7-10)15(20)18-6-5-9-1-3-11(17)8-13(9)18/h1-4,7-8,19H,5-6,17H2. The lowest BCUT2D eigenvalue weighted by atomic mass is 10.1. The Bertz CT molecular complexity index is 700. The van der Waals surface area contributed by atoms with Crippen molar-refractivity contribution in [2.75, 3.05) is 17.2 Å². The van der Waals surface area contributed by atoms with Crippen LogP contribution in [0.5, 0.6) is 5.75 Å². The van der Waals surface area contributed by atoms with Gasteiger partial charge in [-0.1, -0.05) is 17.7 Å². The van der Waals surface area contributed by atoms with Crippen LogP contribution in [-0.2, 0) is 6.42 Å². The number of amides is 1. The van der Waals surface area contributed by atoms with Crippen molar-refractivity contribution in [3.8, 4) is 5.75 Å². The van der Waals surface area contributed by atoms with E-state index in [9.17, 15) is 9.90 Å². The van der Waals surface area contributed by atoms with E-state index in [4.69, 9.17) is 17.3 Å². The first-order valence-electron chi connectivity index (χ1n) is 6.25. The second-order valence-corrected chi connectivity index (χ2v) is 5.19. The molecule has 1 aliphatic heterocycles.